The van der Waals surface area contributed by atoms with Gasteiger partial charge in [0.1, 0.15) is 11.6 Å². The SMILES string of the molecule is C#Cc1cccc(N=Cc2cc(F)ccc2O)c1. The Kier molecular flexibility index (Phi) is 3.40. The Morgan fingerprint density at radius 1 is 1.22 bits per heavy atom. The Bertz CT molecular complexity index is 641. The molecule has 0 heterocycles. The minimum atomic E-state index is -0.424. The Balaban J connectivity index is 2.30. The van der Waals surface area contributed by atoms with Crippen LogP contribution in [0, 0.1) is 18.2 Å². The minimum absolute atomic E-state index is 0.0201. The average molecular weight is 239 g/mol. The van der Waals surface area contributed by atoms with Gasteiger partial charge in [-0.3, -0.25) is 4.99 Å². The number of phenols is 1. The number of halogens is 1. The van der Waals surface area contributed by atoms with E-state index in [1.807, 2.05) is 0 Å². The van der Waals surface area contributed by atoms with Crippen LogP contribution in [0.15, 0.2) is 47.5 Å². The Morgan fingerprint density at radius 3 is 2.83 bits per heavy atom. The van der Waals surface area contributed by atoms with Crippen LogP contribution >= 0.6 is 0 Å². The second-order valence-electron chi connectivity index (χ2n) is 3.66. The molecule has 1 N–H and O–H groups in total. The standard InChI is InChI=1S/C15H10FNO/c1-2-11-4-3-5-14(8-11)17-10-12-9-13(16)6-7-15(12)18/h1,3-10,18H. The zero-order valence-electron chi connectivity index (χ0n) is 9.47. The highest BCUT2D eigenvalue weighted by Gasteiger charge is 1.99. The van der Waals surface area contributed by atoms with Crippen LogP contribution in [0.5, 0.6) is 5.75 Å². The summed E-state index contributed by atoms with van der Waals surface area (Å²) in [6.45, 7) is 0. The highest BCUT2D eigenvalue weighted by Crippen LogP contribution is 2.18. The number of nitrogens with zero attached hydrogens (tertiary/aromatic N) is 1. The molecule has 0 saturated heterocycles. The molecule has 0 unspecified atom stereocenters. The number of hydrogen-bond donors (Lipinski definition) is 1. The fraction of sp³-hybridized carbons (Fsp3) is 0. The average Bonchev–Trinajstić information content (AvgIpc) is 2.40. The summed E-state index contributed by atoms with van der Waals surface area (Å²) in [5.41, 5.74) is 1.68. The van der Waals surface area contributed by atoms with E-state index in [1.54, 1.807) is 24.3 Å². The molecule has 0 saturated carbocycles. The van der Waals surface area contributed by atoms with Gasteiger partial charge >= 0.3 is 0 Å². The third-order valence-electron chi connectivity index (χ3n) is 2.36. The van der Waals surface area contributed by atoms with Gasteiger partial charge in [0.05, 0.1) is 5.69 Å². The van der Waals surface area contributed by atoms with E-state index in [9.17, 15) is 9.50 Å². The fourth-order valence-electron chi connectivity index (χ4n) is 1.45. The first kappa shape index (κ1) is 11.9. The van der Waals surface area contributed by atoms with Crippen molar-refractivity contribution in [1.82, 2.24) is 0 Å². The van der Waals surface area contributed by atoms with Crippen LogP contribution in [0.25, 0.3) is 0 Å². The van der Waals surface area contributed by atoms with Gasteiger partial charge in [0, 0.05) is 17.3 Å². The van der Waals surface area contributed by atoms with Crippen molar-refractivity contribution >= 4 is 11.9 Å². The quantitative estimate of drug-likeness (QED) is 0.633. The van der Waals surface area contributed by atoms with Gasteiger partial charge in [-0.1, -0.05) is 12.0 Å². The molecule has 0 aliphatic rings. The van der Waals surface area contributed by atoms with E-state index in [4.69, 9.17) is 6.42 Å². The maximum absolute atomic E-state index is 13.0. The van der Waals surface area contributed by atoms with Crippen molar-refractivity contribution in [2.75, 3.05) is 0 Å². The zero-order valence-corrected chi connectivity index (χ0v) is 9.47. The van der Waals surface area contributed by atoms with Gasteiger partial charge in [0.15, 0.2) is 0 Å². The van der Waals surface area contributed by atoms with E-state index in [0.29, 0.717) is 16.8 Å². The largest absolute Gasteiger partial charge is 0.507 e. The molecule has 0 aliphatic carbocycles. The van der Waals surface area contributed by atoms with Gasteiger partial charge in [-0.25, -0.2) is 4.39 Å². The van der Waals surface area contributed by atoms with Crippen LogP contribution < -0.4 is 0 Å². The normalized spacial score (nSPS) is 10.4. The number of rotatable bonds is 2. The van der Waals surface area contributed by atoms with Gasteiger partial charge < -0.3 is 5.11 Å². The molecule has 88 valence electrons. The first-order chi connectivity index (χ1) is 8.69. The van der Waals surface area contributed by atoms with Crippen LogP contribution in [-0.2, 0) is 0 Å². The molecule has 0 atom stereocenters. The molecule has 0 aromatic heterocycles. The van der Waals surface area contributed by atoms with E-state index in [2.05, 4.69) is 10.9 Å². The predicted molar refractivity (Wildman–Crippen MR) is 69.7 cm³/mol. The van der Waals surface area contributed by atoms with Crippen LogP contribution in [0.3, 0.4) is 0 Å². The van der Waals surface area contributed by atoms with Crippen molar-refractivity contribution in [2.24, 2.45) is 4.99 Å². The molecule has 2 nitrogen and oxygen atoms in total. The molecule has 3 heteroatoms. The number of hydrogen-bond acceptors (Lipinski definition) is 2. The summed E-state index contributed by atoms with van der Waals surface area (Å²) in [5.74, 6) is 2.06. The number of aromatic hydroxyl groups is 1. The van der Waals surface area contributed by atoms with E-state index in [1.165, 1.54) is 24.4 Å². The molecule has 0 spiro atoms. The van der Waals surface area contributed by atoms with Crippen LogP contribution in [0.1, 0.15) is 11.1 Å². The van der Waals surface area contributed by atoms with Crippen LogP contribution in [0.2, 0.25) is 0 Å². The van der Waals surface area contributed by atoms with Crippen molar-refractivity contribution < 1.29 is 9.50 Å². The summed E-state index contributed by atoms with van der Waals surface area (Å²) in [5, 5.41) is 9.52. The van der Waals surface area contributed by atoms with E-state index in [0.717, 1.165) is 0 Å². The monoisotopic (exact) mass is 239 g/mol. The van der Waals surface area contributed by atoms with Crippen LogP contribution in [-0.4, -0.2) is 11.3 Å². The maximum atomic E-state index is 13.0. The maximum Gasteiger partial charge on any atom is 0.124 e. The molecule has 0 radical (unpaired) electrons. The first-order valence-electron chi connectivity index (χ1n) is 5.28. The van der Waals surface area contributed by atoms with E-state index in [-0.39, 0.29) is 5.75 Å². The van der Waals surface area contributed by atoms with Gasteiger partial charge in [-0.2, -0.15) is 0 Å². The number of aliphatic imine (C=N–C) groups is 1. The van der Waals surface area contributed by atoms with E-state index < -0.39 is 5.82 Å². The molecule has 2 aromatic carbocycles. The lowest BCUT2D eigenvalue weighted by Gasteiger charge is -1.99. The van der Waals surface area contributed by atoms with Gasteiger partial charge in [-0.05, 0) is 36.4 Å². The topological polar surface area (TPSA) is 32.6 Å². The third kappa shape index (κ3) is 2.74. The first-order valence-corrected chi connectivity index (χ1v) is 5.28. The van der Waals surface area contributed by atoms with Crippen molar-refractivity contribution in [2.45, 2.75) is 0 Å². The highest BCUT2D eigenvalue weighted by atomic mass is 19.1. The van der Waals surface area contributed by atoms with Crippen LogP contribution in [0.4, 0.5) is 10.1 Å². The Labute approximate surface area is 104 Å². The molecular weight excluding hydrogens is 229 g/mol. The summed E-state index contributed by atoms with van der Waals surface area (Å²) in [4.78, 5) is 4.14. The predicted octanol–water partition coefficient (Wildman–Crippen LogP) is 3.26. The van der Waals surface area contributed by atoms with E-state index >= 15 is 0 Å². The molecule has 0 aliphatic heterocycles. The summed E-state index contributed by atoms with van der Waals surface area (Å²) in [7, 11) is 0. The van der Waals surface area contributed by atoms with Crippen molar-refractivity contribution in [1.29, 1.82) is 0 Å². The lowest BCUT2D eigenvalue weighted by molar-refractivity contribution is 0.472. The fourth-order valence-corrected chi connectivity index (χ4v) is 1.45. The third-order valence-corrected chi connectivity index (χ3v) is 2.36. The minimum Gasteiger partial charge on any atom is -0.507 e. The summed E-state index contributed by atoms with van der Waals surface area (Å²) in [6, 6.07) is 10.8. The highest BCUT2D eigenvalue weighted by molar-refractivity contribution is 5.85. The lowest BCUT2D eigenvalue weighted by atomic mass is 10.2. The van der Waals surface area contributed by atoms with Crippen molar-refractivity contribution in [3.05, 3.63) is 59.4 Å². The summed E-state index contributed by atoms with van der Waals surface area (Å²) >= 11 is 0. The second kappa shape index (κ2) is 5.15. The molecule has 18 heavy (non-hydrogen) atoms. The molecular formula is C15H10FNO. The Hall–Kier alpha value is -2.60. The van der Waals surface area contributed by atoms with Gasteiger partial charge in [0.2, 0.25) is 0 Å². The molecule has 2 aromatic rings. The molecule has 0 fully saturated rings. The number of benzene rings is 2. The molecule has 0 bridgehead atoms. The van der Waals surface area contributed by atoms with Gasteiger partial charge in [0.25, 0.3) is 0 Å². The van der Waals surface area contributed by atoms with Gasteiger partial charge in [-0.15, -0.1) is 6.42 Å². The van der Waals surface area contributed by atoms with Crippen molar-refractivity contribution in [3.63, 3.8) is 0 Å². The number of phenolic OH excluding ortho intramolecular Hbond substituents is 1. The smallest absolute Gasteiger partial charge is 0.124 e. The molecule has 2 rings (SSSR count). The zero-order chi connectivity index (χ0) is 13.0. The molecule has 0 amide bonds. The summed E-state index contributed by atoms with van der Waals surface area (Å²) in [6.07, 6.45) is 6.68. The number of terminal acetylenes is 1. The summed E-state index contributed by atoms with van der Waals surface area (Å²) < 4.78 is 13.0. The second-order valence-corrected chi connectivity index (χ2v) is 3.66. The lowest BCUT2D eigenvalue weighted by Crippen LogP contribution is -1.84. The van der Waals surface area contributed by atoms with Crippen molar-refractivity contribution in [3.8, 4) is 18.1 Å². The Morgan fingerprint density at radius 2 is 2.06 bits per heavy atom.